The molecule has 3 N–H and O–H groups in total. The summed E-state index contributed by atoms with van der Waals surface area (Å²) < 4.78 is 43.8. The molecule has 0 unspecified atom stereocenters. The van der Waals surface area contributed by atoms with Crippen LogP contribution in [0.4, 0.5) is 35.2 Å². The van der Waals surface area contributed by atoms with Crippen LogP contribution >= 0.6 is 0 Å². The Hall–Kier alpha value is -3.37. The first-order valence-electron chi connectivity index (χ1n) is 9.72. The lowest BCUT2D eigenvalue weighted by Gasteiger charge is -2.34. The molecular formula is C20H20F3N5O3. The van der Waals surface area contributed by atoms with Crippen LogP contribution in [0.1, 0.15) is 31.4 Å². The molecule has 3 heterocycles. The van der Waals surface area contributed by atoms with E-state index in [0.717, 1.165) is 6.20 Å². The number of pyridine rings is 2. The van der Waals surface area contributed by atoms with Gasteiger partial charge in [0.15, 0.2) is 0 Å². The van der Waals surface area contributed by atoms with Gasteiger partial charge in [-0.05, 0) is 43.9 Å². The highest BCUT2D eigenvalue weighted by atomic mass is 19.4. The Morgan fingerprint density at radius 2 is 2.00 bits per heavy atom. The lowest BCUT2D eigenvalue weighted by atomic mass is 9.78. The molecule has 0 radical (unpaired) electrons. The lowest BCUT2D eigenvalue weighted by molar-refractivity contribution is -0.141. The highest BCUT2D eigenvalue weighted by Crippen LogP contribution is 2.41. The molecule has 31 heavy (non-hydrogen) atoms. The van der Waals surface area contributed by atoms with Gasteiger partial charge in [0.05, 0.1) is 24.1 Å². The second-order valence-electron chi connectivity index (χ2n) is 7.74. The number of alkyl halides is 3. The van der Waals surface area contributed by atoms with Gasteiger partial charge >= 0.3 is 12.3 Å². The van der Waals surface area contributed by atoms with Gasteiger partial charge in [-0.2, -0.15) is 13.2 Å². The Balaban J connectivity index is 1.37. The zero-order valence-corrected chi connectivity index (χ0v) is 16.4. The number of amides is 2. The lowest BCUT2D eigenvalue weighted by Crippen LogP contribution is -2.41. The summed E-state index contributed by atoms with van der Waals surface area (Å²) in [6.45, 7) is 0.354. The third-order valence-electron chi connectivity index (χ3n) is 5.65. The van der Waals surface area contributed by atoms with Gasteiger partial charge in [0.25, 0.3) is 0 Å². The number of nitrogens with zero attached hydrogens (tertiary/aromatic N) is 3. The Labute approximate surface area is 175 Å². The zero-order valence-electron chi connectivity index (χ0n) is 16.4. The third kappa shape index (κ3) is 4.25. The van der Waals surface area contributed by atoms with Crippen molar-refractivity contribution in [3.63, 3.8) is 0 Å². The zero-order chi connectivity index (χ0) is 22.2. The number of aromatic nitrogens is 2. The summed E-state index contributed by atoms with van der Waals surface area (Å²) in [6, 6.07) is 5.95. The van der Waals surface area contributed by atoms with Gasteiger partial charge in [0, 0.05) is 12.1 Å². The van der Waals surface area contributed by atoms with Crippen LogP contribution in [-0.2, 0) is 15.7 Å². The van der Waals surface area contributed by atoms with Crippen LogP contribution in [0.3, 0.4) is 0 Å². The summed E-state index contributed by atoms with van der Waals surface area (Å²) >= 11 is 0. The number of rotatable bonds is 3. The molecule has 8 nitrogen and oxygen atoms in total. The Morgan fingerprint density at radius 3 is 2.61 bits per heavy atom. The van der Waals surface area contributed by atoms with Gasteiger partial charge in [-0.1, -0.05) is 6.07 Å². The van der Waals surface area contributed by atoms with Crippen LogP contribution in [0, 0.1) is 5.92 Å². The monoisotopic (exact) mass is 435 g/mol. The first kappa shape index (κ1) is 20.9. The molecule has 2 aromatic heterocycles. The first-order valence-corrected chi connectivity index (χ1v) is 9.72. The van der Waals surface area contributed by atoms with E-state index in [4.69, 9.17) is 10.5 Å². The van der Waals surface area contributed by atoms with Crippen molar-refractivity contribution in [2.45, 2.75) is 37.5 Å². The van der Waals surface area contributed by atoms with Crippen molar-refractivity contribution in [2.24, 2.45) is 5.92 Å². The summed E-state index contributed by atoms with van der Waals surface area (Å²) in [7, 11) is 0. The van der Waals surface area contributed by atoms with Crippen molar-refractivity contribution < 1.29 is 27.5 Å². The highest BCUT2D eigenvalue weighted by molar-refractivity contribution is 5.95. The molecule has 2 amide bonds. The molecule has 2 aliphatic rings. The number of ether oxygens (including phenoxy) is 1. The second-order valence-corrected chi connectivity index (χ2v) is 7.74. The number of hydrogen-bond donors (Lipinski definition) is 2. The largest absolute Gasteiger partial charge is 0.441 e. The van der Waals surface area contributed by atoms with E-state index < -0.39 is 23.6 Å². The molecule has 0 atom stereocenters. The number of halogens is 3. The van der Waals surface area contributed by atoms with E-state index in [9.17, 15) is 22.8 Å². The number of nitrogens with two attached hydrogens (primary N) is 1. The second kappa shape index (κ2) is 7.71. The summed E-state index contributed by atoms with van der Waals surface area (Å²) in [5.41, 5.74) is 3.67. The number of nitrogen functional groups attached to an aromatic ring is 1. The van der Waals surface area contributed by atoms with Crippen molar-refractivity contribution in [1.82, 2.24) is 9.97 Å². The Morgan fingerprint density at radius 1 is 1.26 bits per heavy atom. The van der Waals surface area contributed by atoms with Gasteiger partial charge in [-0.3, -0.25) is 9.69 Å². The average molecular weight is 435 g/mol. The van der Waals surface area contributed by atoms with E-state index in [0.29, 0.717) is 44.1 Å². The first-order chi connectivity index (χ1) is 14.7. The van der Waals surface area contributed by atoms with Gasteiger partial charge in [0.1, 0.15) is 17.1 Å². The predicted octanol–water partition coefficient (Wildman–Crippen LogP) is 3.60. The van der Waals surface area contributed by atoms with Crippen LogP contribution in [0.5, 0.6) is 0 Å². The summed E-state index contributed by atoms with van der Waals surface area (Å²) in [5.74, 6) is -0.224. The molecule has 1 saturated heterocycles. The molecule has 0 aromatic carbocycles. The minimum absolute atomic E-state index is 0.0342. The number of carbonyl (C=O) groups excluding carboxylic acids is 2. The fourth-order valence-electron chi connectivity index (χ4n) is 3.94. The summed E-state index contributed by atoms with van der Waals surface area (Å²) in [5, 5.41) is 2.56. The normalized spacial score (nSPS) is 23.6. The highest BCUT2D eigenvalue weighted by Gasteiger charge is 2.48. The maximum atomic E-state index is 12.7. The van der Waals surface area contributed by atoms with Crippen molar-refractivity contribution in [3.05, 3.63) is 42.4 Å². The van der Waals surface area contributed by atoms with Crippen molar-refractivity contribution in [3.8, 4) is 0 Å². The average Bonchev–Trinajstić information content (AvgIpc) is 3.05. The number of hydrogen-bond acceptors (Lipinski definition) is 6. The third-order valence-corrected chi connectivity index (χ3v) is 5.65. The molecule has 1 aliphatic heterocycles. The van der Waals surface area contributed by atoms with E-state index in [2.05, 4.69) is 15.3 Å². The number of carbonyl (C=O) groups is 2. The molecule has 4 rings (SSSR count). The number of nitrogens with one attached hydrogen (secondary N) is 1. The van der Waals surface area contributed by atoms with Crippen LogP contribution in [0.25, 0.3) is 0 Å². The van der Waals surface area contributed by atoms with Crippen LogP contribution in [-0.4, -0.2) is 34.1 Å². The van der Waals surface area contributed by atoms with Crippen molar-refractivity contribution >= 4 is 29.2 Å². The van der Waals surface area contributed by atoms with Crippen LogP contribution in [0.15, 0.2) is 36.7 Å². The van der Waals surface area contributed by atoms with Gasteiger partial charge < -0.3 is 15.8 Å². The molecule has 11 heteroatoms. The predicted molar refractivity (Wildman–Crippen MR) is 105 cm³/mol. The van der Waals surface area contributed by atoms with Crippen molar-refractivity contribution in [1.29, 1.82) is 0 Å². The van der Waals surface area contributed by atoms with E-state index >= 15 is 0 Å². The Kier molecular flexibility index (Phi) is 5.19. The van der Waals surface area contributed by atoms with E-state index in [-0.39, 0.29) is 23.2 Å². The maximum Gasteiger partial charge on any atom is 0.433 e. The topological polar surface area (TPSA) is 110 Å². The number of anilines is 3. The smallest absolute Gasteiger partial charge is 0.433 e. The minimum atomic E-state index is -4.61. The molecule has 2 fully saturated rings. The molecule has 1 saturated carbocycles. The minimum Gasteiger partial charge on any atom is -0.441 e. The maximum absolute atomic E-state index is 12.7. The SMILES string of the molecule is Nc1cc(C(F)(F)F)ncc1NC(=O)C1CCC2(CC1)CN(c1ccccn1)C(=O)O2. The van der Waals surface area contributed by atoms with Crippen molar-refractivity contribution in [2.75, 3.05) is 22.5 Å². The molecule has 1 spiro atoms. The molecular weight excluding hydrogens is 415 g/mol. The van der Waals surface area contributed by atoms with Crippen LogP contribution < -0.4 is 16.0 Å². The van der Waals surface area contributed by atoms with Gasteiger partial charge in [0.2, 0.25) is 5.91 Å². The Bertz CT molecular complexity index is 991. The van der Waals surface area contributed by atoms with E-state index in [1.165, 1.54) is 4.90 Å². The van der Waals surface area contributed by atoms with Crippen LogP contribution in [0.2, 0.25) is 0 Å². The quantitative estimate of drug-likeness (QED) is 0.762. The molecule has 1 aliphatic carbocycles. The van der Waals surface area contributed by atoms with E-state index in [1.54, 1.807) is 24.4 Å². The van der Waals surface area contributed by atoms with Gasteiger partial charge in [-0.15, -0.1) is 0 Å². The summed E-state index contributed by atoms with van der Waals surface area (Å²) in [6.07, 6.45) is -0.685. The standard InChI is InChI=1S/C20H20F3N5O3/c21-20(22,23)15-9-13(24)14(10-26-15)27-17(29)12-4-6-19(7-5-12)11-28(18(30)31-19)16-3-1-2-8-25-16/h1-3,8-10,12H,4-7,11H2,(H2,24,26)(H,27,29). The molecule has 0 bridgehead atoms. The fourth-order valence-corrected chi connectivity index (χ4v) is 3.94. The van der Waals surface area contributed by atoms with Gasteiger partial charge in [-0.25, -0.2) is 14.8 Å². The fraction of sp³-hybridized carbons (Fsp3) is 0.400. The van der Waals surface area contributed by atoms with E-state index in [1.807, 2.05) is 0 Å². The molecule has 164 valence electrons. The molecule has 2 aromatic rings. The summed E-state index contributed by atoms with van der Waals surface area (Å²) in [4.78, 5) is 33.9.